The Labute approximate surface area is 201 Å². The highest BCUT2D eigenvalue weighted by molar-refractivity contribution is 8.03. The number of hydrogen-bond donors (Lipinski definition) is 1. The summed E-state index contributed by atoms with van der Waals surface area (Å²) in [5.41, 5.74) is 3.76. The van der Waals surface area contributed by atoms with E-state index in [1.54, 1.807) is 7.11 Å². The van der Waals surface area contributed by atoms with Crippen molar-refractivity contribution in [2.75, 3.05) is 7.11 Å². The molecule has 0 spiro atoms. The van der Waals surface area contributed by atoms with Crippen LogP contribution in [0.5, 0.6) is 11.5 Å². The number of rotatable bonds is 7. The van der Waals surface area contributed by atoms with Gasteiger partial charge in [0.05, 0.1) is 23.0 Å². The van der Waals surface area contributed by atoms with E-state index in [1.807, 2.05) is 66.7 Å². The Hall–Kier alpha value is -4.21. The Kier molecular flexibility index (Phi) is 6.19. The first-order valence-electron chi connectivity index (χ1n) is 10.8. The molecule has 5 aromatic rings. The van der Waals surface area contributed by atoms with E-state index in [4.69, 9.17) is 9.47 Å². The second-order valence-corrected chi connectivity index (χ2v) is 8.65. The number of H-pyrrole nitrogens is 1. The number of benzene rings is 4. The van der Waals surface area contributed by atoms with Crippen LogP contribution in [-0.4, -0.2) is 17.1 Å². The van der Waals surface area contributed by atoms with Gasteiger partial charge in [0.15, 0.2) is 16.7 Å². The van der Waals surface area contributed by atoms with Gasteiger partial charge in [0.1, 0.15) is 12.7 Å². The maximum Gasteiger partial charge on any atom is 0.171 e. The van der Waals surface area contributed by atoms with Gasteiger partial charge in [-0.1, -0.05) is 60.7 Å². The van der Waals surface area contributed by atoms with Crippen LogP contribution in [0.4, 0.5) is 0 Å². The smallest absolute Gasteiger partial charge is 0.171 e. The zero-order valence-electron chi connectivity index (χ0n) is 18.5. The van der Waals surface area contributed by atoms with Gasteiger partial charge in [0.25, 0.3) is 0 Å². The zero-order chi connectivity index (χ0) is 23.3. The molecule has 1 N–H and O–H groups in total. The fourth-order valence-corrected chi connectivity index (χ4v) is 4.54. The monoisotopic (exact) mass is 463 g/mol. The van der Waals surface area contributed by atoms with Crippen LogP contribution >= 0.6 is 11.8 Å². The lowest BCUT2D eigenvalue weighted by Gasteiger charge is -2.13. The molecule has 1 heterocycles. The third-order valence-corrected chi connectivity index (χ3v) is 6.25. The molecule has 0 radical (unpaired) electrons. The highest BCUT2D eigenvalue weighted by Gasteiger charge is 2.10. The number of allylic oxidation sites excluding steroid dienone is 1. The van der Waals surface area contributed by atoms with E-state index < -0.39 is 0 Å². The summed E-state index contributed by atoms with van der Waals surface area (Å²) in [5.74, 6) is 1.26. The van der Waals surface area contributed by atoms with Gasteiger partial charge in [0, 0.05) is 0 Å². The van der Waals surface area contributed by atoms with Crippen LogP contribution in [0.3, 0.4) is 0 Å². The van der Waals surface area contributed by atoms with Gasteiger partial charge in [-0.3, -0.25) is 0 Å². The molecule has 34 heavy (non-hydrogen) atoms. The molecule has 0 aliphatic rings. The number of thioether (sulfide) groups is 1. The van der Waals surface area contributed by atoms with Crippen LogP contribution in [0.1, 0.15) is 11.1 Å². The van der Waals surface area contributed by atoms with E-state index in [1.165, 1.54) is 22.5 Å². The summed E-state index contributed by atoms with van der Waals surface area (Å²) >= 11 is 1.30. The number of nitrogens with zero attached hydrogens (tertiary/aromatic N) is 2. The van der Waals surface area contributed by atoms with E-state index >= 15 is 0 Å². The van der Waals surface area contributed by atoms with E-state index in [9.17, 15) is 5.26 Å². The minimum absolute atomic E-state index is 0.429. The third-order valence-electron chi connectivity index (χ3n) is 5.43. The summed E-state index contributed by atoms with van der Waals surface area (Å²) in [6.07, 6.45) is 1.81. The Balaban J connectivity index is 1.35. The number of hydrogen-bond acceptors (Lipinski definition) is 5. The molecule has 0 bridgehead atoms. The van der Waals surface area contributed by atoms with Crippen LogP contribution in [0.25, 0.3) is 27.9 Å². The van der Waals surface area contributed by atoms with Crippen molar-refractivity contribution in [2.24, 2.45) is 0 Å². The van der Waals surface area contributed by atoms with Crippen LogP contribution in [0.2, 0.25) is 0 Å². The highest BCUT2D eigenvalue weighted by Crippen LogP contribution is 2.32. The molecular weight excluding hydrogens is 442 g/mol. The number of imidazole rings is 1. The number of nitriles is 1. The quantitative estimate of drug-likeness (QED) is 0.209. The van der Waals surface area contributed by atoms with E-state index in [2.05, 4.69) is 40.3 Å². The number of fused-ring (bicyclic) bond motifs is 2. The van der Waals surface area contributed by atoms with Crippen LogP contribution in [-0.2, 0) is 6.61 Å². The Morgan fingerprint density at radius 1 is 1.00 bits per heavy atom. The summed E-state index contributed by atoms with van der Waals surface area (Å²) in [6.45, 7) is 0.429. The Morgan fingerprint density at radius 2 is 1.82 bits per heavy atom. The number of nitrogens with one attached hydrogen (secondary N) is 1. The van der Waals surface area contributed by atoms with Gasteiger partial charge in [-0.2, -0.15) is 5.26 Å². The van der Waals surface area contributed by atoms with Crippen molar-refractivity contribution in [3.63, 3.8) is 0 Å². The predicted molar refractivity (Wildman–Crippen MR) is 137 cm³/mol. The van der Waals surface area contributed by atoms with Gasteiger partial charge in [0.2, 0.25) is 0 Å². The van der Waals surface area contributed by atoms with Crippen molar-refractivity contribution in [3.8, 4) is 17.6 Å². The third kappa shape index (κ3) is 4.61. The molecule has 0 atom stereocenters. The first kappa shape index (κ1) is 21.6. The number of methoxy groups -OCH3 is 1. The molecule has 0 aliphatic carbocycles. The molecule has 0 saturated heterocycles. The molecule has 6 heteroatoms. The summed E-state index contributed by atoms with van der Waals surface area (Å²) in [7, 11) is 1.61. The normalized spacial score (nSPS) is 11.5. The van der Waals surface area contributed by atoms with E-state index in [0.29, 0.717) is 28.2 Å². The van der Waals surface area contributed by atoms with Gasteiger partial charge in [-0.05, 0) is 64.0 Å². The van der Waals surface area contributed by atoms with Crippen molar-refractivity contribution in [1.29, 1.82) is 5.26 Å². The number of aromatic nitrogens is 2. The molecule has 5 nitrogen and oxygen atoms in total. The summed E-state index contributed by atoms with van der Waals surface area (Å²) < 4.78 is 11.7. The summed E-state index contributed by atoms with van der Waals surface area (Å²) in [5, 5.41) is 12.7. The summed E-state index contributed by atoms with van der Waals surface area (Å²) in [6, 6.07) is 30.2. The average molecular weight is 464 g/mol. The minimum atomic E-state index is 0.429. The second kappa shape index (κ2) is 9.74. The molecule has 0 amide bonds. The van der Waals surface area contributed by atoms with E-state index in [0.717, 1.165) is 22.2 Å². The van der Waals surface area contributed by atoms with Crippen molar-refractivity contribution in [2.45, 2.75) is 11.8 Å². The van der Waals surface area contributed by atoms with Crippen LogP contribution in [0, 0.1) is 11.3 Å². The van der Waals surface area contributed by atoms with Gasteiger partial charge in [-0.15, -0.1) is 0 Å². The van der Waals surface area contributed by atoms with Gasteiger partial charge >= 0.3 is 0 Å². The van der Waals surface area contributed by atoms with Crippen molar-refractivity contribution in [3.05, 3.63) is 101 Å². The van der Waals surface area contributed by atoms with E-state index in [-0.39, 0.29) is 0 Å². The largest absolute Gasteiger partial charge is 0.493 e. The molecular formula is C28H21N3O2S. The zero-order valence-corrected chi connectivity index (χ0v) is 19.3. The fraction of sp³-hybridized carbons (Fsp3) is 0.0714. The lowest BCUT2D eigenvalue weighted by molar-refractivity contribution is 0.285. The van der Waals surface area contributed by atoms with Crippen molar-refractivity contribution >= 4 is 39.6 Å². The minimum Gasteiger partial charge on any atom is -0.493 e. The topological polar surface area (TPSA) is 70.9 Å². The molecule has 5 rings (SSSR count). The first-order chi connectivity index (χ1) is 16.7. The number of ether oxygens (including phenoxy) is 2. The second-order valence-electron chi connectivity index (χ2n) is 7.62. The lowest BCUT2D eigenvalue weighted by atomic mass is 10.1. The maximum atomic E-state index is 9.66. The molecule has 166 valence electrons. The van der Waals surface area contributed by atoms with Crippen LogP contribution < -0.4 is 9.47 Å². The molecule has 0 unspecified atom stereocenters. The van der Waals surface area contributed by atoms with Crippen molar-refractivity contribution in [1.82, 2.24) is 9.97 Å². The maximum absolute atomic E-state index is 9.66. The molecule has 1 aromatic heterocycles. The van der Waals surface area contributed by atoms with Gasteiger partial charge < -0.3 is 14.5 Å². The number of aromatic amines is 1. The van der Waals surface area contributed by atoms with Crippen molar-refractivity contribution < 1.29 is 9.47 Å². The average Bonchev–Trinajstić information content (AvgIpc) is 3.29. The lowest BCUT2D eigenvalue weighted by Crippen LogP contribution is -1.98. The Morgan fingerprint density at radius 3 is 2.68 bits per heavy atom. The SMILES string of the molecule is COc1cc(/C=C(\C#N)Sc2nc3ccccc3[nH]2)ccc1OCc1cccc2ccccc12. The Bertz CT molecular complexity index is 1510. The predicted octanol–water partition coefficient (Wildman–Crippen LogP) is 6.96. The molecule has 4 aromatic carbocycles. The van der Waals surface area contributed by atoms with Crippen LogP contribution in [0.15, 0.2) is 95.0 Å². The molecule has 0 aliphatic heterocycles. The molecule has 0 saturated carbocycles. The molecule has 0 fully saturated rings. The summed E-state index contributed by atoms with van der Waals surface area (Å²) in [4.78, 5) is 8.29. The first-order valence-corrected chi connectivity index (χ1v) is 11.6. The number of para-hydroxylation sites is 2. The highest BCUT2D eigenvalue weighted by atomic mass is 32.2. The fourth-order valence-electron chi connectivity index (χ4n) is 3.78. The van der Waals surface area contributed by atoms with Gasteiger partial charge in [-0.25, -0.2) is 4.98 Å². The standard InChI is InChI=1S/C28H21N3O2S/c1-32-27-16-19(15-22(17-29)34-28-30-24-11-4-5-12-25(24)31-28)13-14-26(27)33-18-21-9-6-8-20-7-2-3-10-23(20)21/h2-16H,18H2,1H3,(H,30,31)/b22-15+.